The van der Waals surface area contributed by atoms with Crippen LogP contribution in [-0.4, -0.2) is 10.9 Å². The van der Waals surface area contributed by atoms with Gasteiger partial charge in [0.2, 0.25) is 0 Å². The molecule has 8 heteroatoms. The first-order chi connectivity index (χ1) is 13.4. The van der Waals surface area contributed by atoms with Gasteiger partial charge in [-0.25, -0.2) is 8.78 Å². The molecule has 0 spiro atoms. The van der Waals surface area contributed by atoms with Crippen LogP contribution in [0.15, 0.2) is 54.7 Å². The van der Waals surface area contributed by atoms with E-state index in [2.05, 4.69) is 10.3 Å². The minimum Gasteiger partial charge on any atom is -0.339 e. The number of carbonyl (C=O) groups is 1. The monoisotopic (exact) mass is 417 g/mol. The molecule has 28 heavy (non-hydrogen) atoms. The van der Waals surface area contributed by atoms with Gasteiger partial charge in [0.15, 0.2) is 0 Å². The number of hydrogen-bond donors (Lipinski definition) is 1. The Balaban J connectivity index is 1.99. The highest BCUT2D eigenvalue weighted by molar-refractivity contribution is 6.30. The average molecular weight is 418 g/mol. The lowest BCUT2D eigenvalue weighted by atomic mass is 10.0. The predicted octanol–water partition coefficient (Wildman–Crippen LogP) is 5.06. The van der Waals surface area contributed by atoms with Crippen LogP contribution in [-0.2, 0) is 0 Å². The second kappa shape index (κ2) is 8.34. The van der Waals surface area contributed by atoms with Gasteiger partial charge in [0.1, 0.15) is 17.7 Å². The molecule has 140 valence electrons. The van der Waals surface area contributed by atoms with Crippen molar-refractivity contribution in [2.75, 3.05) is 0 Å². The van der Waals surface area contributed by atoms with Gasteiger partial charge in [0, 0.05) is 22.3 Å². The third-order valence-corrected chi connectivity index (χ3v) is 4.41. The SMILES string of the molecule is N#Cc1ccc(C(=O)N[C@@H](c2ccc(Cl)cn2)c2ccc(Cl)cc2F)cc1F. The zero-order valence-electron chi connectivity index (χ0n) is 14.1. The van der Waals surface area contributed by atoms with E-state index in [-0.39, 0.29) is 21.7 Å². The molecule has 1 amide bonds. The van der Waals surface area contributed by atoms with Crippen molar-refractivity contribution in [3.05, 3.63) is 98.8 Å². The highest BCUT2D eigenvalue weighted by atomic mass is 35.5. The molecule has 0 bridgehead atoms. The number of halogens is 4. The molecule has 0 aliphatic carbocycles. The lowest BCUT2D eigenvalue weighted by Crippen LogP contribution is -2.30. The quantitative estimate of drug-likeness (QED) is 0.645. The maximum absolute atomic E-state index is 14.5. The topological polar surface area (TPSA) is 65.8 Å². The van der Waals surface area contributed by atoms with Crippen LogP contribution in [0.1, 0.15) is 33.2 Å². The number of nitriles is 1. The van der Waals surface area contributed by atoms with Crippen LogP contribution in [0.25, 0.3) is 0 Å². The Bertz CT molecular complexity index is 1080. The zero-order valence-corrected chi connectivity index (χ0v) is 15.6. The molecule has 2 aromatic carbocycles. The van der Waals surface area contributed by atoms with Gasteiger partial charge in [0.25, 0.3) is 5.91 Å². The van der Waals surface area contributed by atoms with E-state index in [1.54, 1.807) is 18.2 Å². The molecule has 3 rings (SSSR count). The molecule has 0 saturated carbocycles. The van der Waals surface area contributed by atoms with Gasteiger partial charge < -0.3 is 5.32 Å². The minimum atomic E-state index is -0.972. The van der Waals surface area contributed by atoms with E-state index >= 15 is 0 Å². The molecule has 1 heterocycles. The van der Waals surface area contributed by atoms with Crippen LogP contribution >= 0.6 is 23.2 Å². The molecule has 4 nitrogen and oxygen atoms in total. The molecule has 1 aromatic heterocycles. The number of benzene rings is 2. The number of hydrogen-bond acceptors (Lipinski definition) is 3. The fraction of sp³-hybridized carbons (Fsp3) is 0.0500. The Morgan fingerprint density at radius 2 is 1.79 bits per heavy atom. The summed E-state index contributed by atoms with van der Waals surface area (Å²) in [5.41, 5.74) is 0.246. The van der Waals surface area contributed by atoms with Crippen LogP contribution in [0.4, 0.5) is 8.78 Å². The third-order valence-electron chi connectivity index (χ3n) is 3.95. The summed E-state index contributed by atoms with van der Waals surface area (Å²) < 4.78 is 28.3. The summed E-state index contributed by atoms with van der Waals surface area (Å²) in [5.74, 6) is -2.13. The van der Waals surface area contributed by atoms with Crippen molar-refractivity contribution in [3.8, 4) is 6.07 Å². The molecule has 0 fully saturated rings. The van der Waals surface area contributed by atoms with Crippen molar-refractivity contribution >= 4 is 29.1 Å². The molecular formula is C20H11Cl2F2N3O. The van der Waals surface area contributed by atoms with Gasteiger partial charge in [-0.1, -0.05) is 29.3 Å². The van der Waals surface area contributed by atoms with Gasteiger partial charge in [-0.3, -0.25) is 9.78 Å². The molecule has 0 aliphatic heterocycles. The number of pyridine rings is 1. The van der Waals surface area contributed by atoms with Crippen LogP contribution in [0, 0.1) is 23.0 Å². The summed E-state index contributed by atoms with van der Waals surface area (Å²) in [6, 6.07) is 11.3. The summed E-state index contributed by atoms with van der Waals surface area (Å²) in [6.07, 6.45) is 1.37. The number of amides is 1. The first kappa shape index (κ1) is 19.7. The van der Waals surface area contributed by atoms with E-state index in [0.29, 0.717) is 10.7 Å². The average Bonchev–Trinajstić information content (AvgIpc) is 2.67. The van der Waals surface area contributed by atoms with Crippen LogP contribution in [0.3, 0.4) is 0 Å². The largest absolute Gasteiger partial charge is 0.339 e. The summed E-state index contributed by atoms with van der Waals surface area (Å²) in [7, 11) is 0. The molecule has 0 unspecified atom stereocenters. The number of nitrogens with one attached hydrogen (secondary N) is 1. The first-order valence-electron chi connectivity index (χ1n) is 7.96. The normalized spacial score (nSPS) is 11.5. The molecule has 0 radical (unpaired) electrons. The second-order valence-corrected chi connectivity index (χ2v) is 6.65. The fourth-order valence-electron chi connectivity index (χ4n) is 2.57. The Kier molecular flexibility index (Phi) is 5.88. The lowest BCUT2D eigenvalue weighted by Gasteiger charge is -2.20. The predicted molar refractivity (Wildman–Crippen MR) is 101 cm³/mol. The van der Waals surface area contributed by atoms with Gasteiger partial charge in [-0.2, -0.15) is 5.26 Å². The van der Waals surface area contributed by atoms with E-state index in [4.69, 9.17) is 28.5 Å². The number of carbonyl (C=O) groups excluding carboxylic acids is 1. The Morgan fingerprint density at radius 1 is 1.04 bits per heavy atom. The van der Waals surface area contributed by atoms with Crippen molar-refractivity contribution in [2.24, 2.45) is 0 Å². The number of nitrogens with zero attached hydrogens (tertiary/aromatic N) is 2. The van der Waals surface area contributed by atoms with Crippen molar-refractivity contribution < 1.29 is 13.6 Å². The highest BCUT2D eigenvalue weighted by Gasteiger charge is 2.23. The van der Waals surface area contributed by atoms with Crippen molar-refractivity contribution in [1.29, 1.82) is 5.26 Å². The smallest absolute Gasteiger partial charge is 0.252 e. The van der Waals surface area contributed by atoms with E-state index in [1.807, 2.05) is 0 Å². The van der Waals surface area contributed by atoms with E-state index in [9.17, 15) is 13.6 Å². The van der Waals surface area contributed by atoms with Crippen molar-refractivity contribution in [2.45, 2.75) is 6.04 Å². The van der Waals surface area contributed by atoms with Crippen LogP contribution < -0.4 is 5.32 Å². The summed E-state index contributed by atoms with van der Waals surface area (Å²) in [4.78, 5) is 16.8. The van der Waals surface area contributed by atoms with Gasteiger partial charge in [-0.15, -0.1) is 0 Å². The molecule has 1 N–H and O–H groups in total. The van der Waals surface area contributed by atoms with Gasteiger partial charge in [0.05, 0.1) is 22.3 Å². The summed E-state index contributed by atoms with van der Waals surface area (Å²) in [6.45, 7) is 0. The van der Waals surface area contributed by atoms with Gasteiger partial charge >= 0.3 is 0 Å². The van der Waals surface area contributed by atoms with E-state index in [0.717, 1.165) is 12.1 Å². The summed E-state index contributed by atoms with van der Waals surface area (Å²) >= 11 is 11.7. The Labute approximate surface area is 169 Å². The molecule has 0 saturated heterocycles. The zero-order chi connectivity index (χ0) is 20.3. The Morgan fingerprint density at radius 3 is 2.39 bits per heavy atom. The summed E-state index contributed by atoms with van der Waals surface area (Å²) in [5, 5.41) is 12.0. The third kappa shape index (κ3) is 4.28. The highest BCUT2D eigenvalue weighted by Crippen LogP contribution is 2.26. The molecular weight excluding hydrogens is 407 g/mol. The lowest BCUT2D eigenvalue weighted by molar-refractivity contribution is 0.0941. The maximum atomic E-state index is 14.5. The van der Waals surface area contributed by atoms with Gasteiger partial charge in [-0.05, 0) is 42.5 Å². The van der Waals surface area contributed by atoms with Crippen molar-refractivity contribution in [3.63, 3.8) is 0 Å². The standard InChI is InChI=1S/C20H11Cl2F2N3O/c21-13-3-5-15(17(24)8-13)19(18-6-4-14(22)10-26-18)27-20(28)11-1-2-12(9-25)16(23)7-11/h1-8,10,19H,(H,27,28)/t19-/m1/s1. The van der Waals surface area contributed by atoms with Crippen LogP contribution in [0.5, 0.6) is 0 Å². The van der Waals surface area contributed by atoms with E-state index < -0.39 is 23.6 Å². The van der Waals surface area contributed by atoms with Crippen molar-refractivity contribution in [1.82, 2.24) is 10.3 Å². The first-order valence-corrected chi connectivity index (χ1v) is 8.71. The second-order valence-electron chi connectivity index (χ2n) is 5.78. The molecule has 0 aliphatic rings. The maximum Gasteiger partial charge on any atom is 0.252 e. The minimum absolute atomic E-state index is 0.0233. The Hall–Kier alpha value is -3.01. The molecule has 1 atom stereocenters. The molecule has 3 aromatic rings. The number of rotatable bonds is 4. The number of aromatic nitrogens is 1. The van der Waals surface area contributed by atoms with E-state index in [1.165, 1.54) is 30.5 Å². The van der Waals surface area contributed by atoms with Crippen LogP contribution in [0.2, 0.25) is 10.0 Å². The fourth-order valence-corrected chi connectivity index (χ4v) is 2.84.